The van der Waals surface area contributed by atoms with Gasteiger partial charge in [-0.15, -0.1) is 0 Å². The van der Waals surface area contributed by atoms with Gasteiger partial charge in [0.15, 0.2) is 5.76 Å². The molecule has 30 heavy (non-hydrogen) atoms. The van der Waals surface area contributed by atoms with Crippen LogP contribution in [0.5, 0.6) is 0 Å². The molecule has 3 fully saturated rings. The van der Waals surface area contributed by atoms with Crippen molar-refractivity contribution >= 4 is 6.03 Å². The summed E-state index contributed by atoms with van der Waals surface area (Å²) < 4.78 is 22.2. The quantitative estimate of drug-likeness (QED) is 0.657. The number of aromatic nitrogens is 1. The van der Waals surface area contributed by atoms with E-state index in [2.05, 4.69) is 15.4 Å². The lowest BCUT2D eigenvalue weighted by Crippen LogP contribution is -2.51. The van der Waals surface area contributed by atoms with Gasteiger partial charge in [-0.25, -0.2) is 4.79 Å². The highest BCUT2D eigenvalue weighted by molar-refractivity contribution is 5.74. The SMILES string of the molecule is O=C(NC[C@H]1O[C@H](Cc2cc(CN3CCOCC3)on2)CC[C@@H]1O)N1CCOCC1. The van der Waals surface area contributed by atoms with Crippen LogP contribution in [0.3, 0.4) is 0 Å². The second-order valence-corrected chi connectivity index (χ2v) is 8.10. The fraction of sp³-hybridized carbons (Fsp3) is 0.800. The first-order chi connectivity index (χ1) is 14.7. The molecule has 2 N–H and O–H groups in total. The molecule has 3 aliphatic heterocycles. The lowest BCUT2D eigenvalue weighted by atomic mass is 9.98. The van der Waals surface area contributed by atoms with E-state index in [0.717, 1.165) is 50.7 Å². The van der Waals surface area contributed by atoms with E-state index in [1.54, 1.807) is 4.90 Å². The minimum Gasteiger partial charge on any atom is -0.390 e. The summed E-state index contributed by atoms with van der Waals surface area (Å²) in [7, 11) is 0. The minimum absolute atomic E-state index is 0.0555. The Balaban J connectivity index is 1.23. The molecule has 1 aromatic heterocycles. The highest BCUT2D eigenvalue weighted by Gasteiger charge is 2.31. The molecule has 0 unspecified atom stereocenters. The first kappa shape index (κ1) is 21.5. The lowest BCUT2D eigenvalue weighted by molar-refractivity contribution is -0.114. The van der Waals surface area contributed by atoms with Crippen LogP contribution in [0, 0.1) is 0 Å². The molecule has 4 heterocycles. The third kappa shape index (κ3) is 5.92. The summed E-state index contributed by atoms with van der Waals surface area (Å²) in [6.45, 7) is 6.61. The molecular formula is C20H32N4O6. The maximum atomic E-state index is 12.3. The average molecular weight is 424 g/mol. The highest BCUT2D eigenvalue weighted by Crippen LogP contribution is 2.23. The second-order valence-electron chi connectivity index (χ2n) is 8.10. The molecule has 4 rings (SSSR count). The largest absolute Gasteiger partial charge is 0.390 e. The van der Waals surface area contributed by atoms with Crippen LogP contribution in [-0.2, 0) is 27.2 Å². The third-order valence-corrected chi connectivity index (χ3v) is 5.86. The molecule has 3 saturated heterocycles. The van der Waals surface area contributed by atoms with Gasteiger partial charge in [-0.3, -0.25) is 4.90 Å². The van der Waals surface area contributed by atoms with Crippen LogP contribution in [0.25, 0.3) is 0 Å². The summed E-state index contributed by atoms with van der Waals surface area (Å²) in [4.78, 5) is 16.3. The molecule has 10 nitrogen and oxygen atoms in total. The first-order valence-corrected chi connectivity index (χ1v) is 10.9. The van der Waals surface area contributed by atoms with Gasteiger partial charge in [-0.2, -0.15) is 0 Å². The van der Waals surface area contributed by atoms with Crippen LogP contribution >= 0.6 is 0 Å². The molecule has 0 aromatic carbocycles. The molecule has 0 radical (unpaired) electrons. The van der Waals surface area contributed by atoms with Crippen molar-refractivity contribution in [3.05, 3.63) is 17.5 Å². The predicted molar refractivity (Wildman–Crippen MR) is 106 cm³/mol. The average Bonchev–Trinajstić information content (AvgIpc) is 3.21. The molecular weight excluding hydrogens is 392 g/mol. The van der Waals surface area contributed by atoms with Crippen molar-refractivity contribution in [3.63, 3.8) is 0 Å². The zero-order valence-corrected chi connectivity index (χ0v) is 17.3. The Hall–Kier alpha value is -1.72. The van der Waals surface area contributed by atoms with E-state index in [0.29, 0.717) is 39.1 Å². The number of hydrogen-bond donors (Lipinski definition) is 2. The van der Waals surface area contributed by atoms with E-state index in [-0.39, 0.29) is 18.7 Å². The maximum Gasteiger partial charge on any atom is 0.317 e. The van der Waals surface area contributed by atoms with Gasteiger partial charge in [0.25, 0.3) is 0 Å². The van der Waals surface area contributed by atoms with Gasteiger partial charge in [0.05, 0.1) is 50.9 Å². The summed E-state index contributed by atoms with van der Waals surface area (Å²) in [5.41, 5.74) is 0.857. The smallest absolute Gasteiger partial charge is 0.317 e. The van der Waals surface area contributed by atoms with Crippen molar-refractivity contribution in [1.82, 2.24) is 20.3 Å². The fourth-order valence-electron chi connectivity index (χ4n) is 4.09. The second kappa shape index (κ2) is 10.5. The number of nitrogens with one attached hydrogen (secondary N) is 1. The number of ether oxygens (including phenoxy) is 3. The topological polar surface area (TPSA) is 110 Å². The van der Waals surface area contributed by atoms with Gasteiger partial charge in [-0.1, -0.05) is 5.16 Å². The molecule has 0 saturated carbocycles. The monoisotopic (exact) mass is 424 g/mol. The van der Waals surface area contributed by atoms with E-state index < -0.39 is 12.2 Å². The maximum absolute atomic E-state index is 12.3. The van der Waals surface area contributed by atoms with Gasteiger partial charge < -0.3 is 34.1 Å². The standard InChI is InChI=1S/C20H32N4O6/c25-18-2-1-16(29-19(18)13-21-20(26)24-5-9-28-10-6-24)11-15-12-17(30-22-15)14-23-3-7-27-8-4-23/h12,16,18-19,25H,1-11,13-14H2,(H,21,26)/t16-,18-,19+/m0/s1. The molecule has 1 aromatic rings. The van der Waals surface area contributed by atoms with Crippen LogP contribution in [0.2, 0.25) is 0 Å². The Kier molecular flexibility index (Phi) is 7.56. The third-order valence-electron chi connectivity index (χ3n) is 5.86. The number of morpholine rings is 2. The summed E-state index contributed by atoms with van der Waals surface area (Å²) in [6.07, 6.45) is 0.962. The Morgan fingerprint density at radius 2 is 1.87 bits per heavy atom. The summed E-state index contributed by atoms with van der Waals surface area (Å²) >= 11 is 0. The van der Waals surface area contributed by atoms with E-state index in [1.165, 1.54) is 0 Å². The summed E-state index contributed by atoms with van der Waals surface area (Å²) in [5.74, 6) is 0.845. The van der Waals surface area contributed by atoms with Crippen LogP contribution in [0.1, 0.15) is 24.3 Å². The van der Waals surface area contributed by atoms with Crippen molar-refractivity contribution in [2.24, 2.45) is 0 Å². The van der Waals surface area contributed by atoms with E-state index in [1.807, 2.05) is 6.07 Å². The van der Waals surface area contributed by atoms with Crippen molar-refractivity contribution in [3.8, 4) is 0 Å². The number of rotatable bonds is 6. The van der Waals surface area contributed by atoms with Gasteiger partial charge in [-0.05, 0) is 12.8 Å². The van der Waals surface area contributed by atoms with Crippen molar-refractivity contribution in [2.45, 2.75) is 44.1 Å². The van der Waals surface area contributed by atoms with Crippen LogP contribution < -0.4 is 5.32 Å². The molecule has 0 spiro atoms. The molecule has 2 amide bonds. The number of amides is 2. The zero-order chi connectivity index (χ0) is 20.8. The summed E-state index contributed by atoms with van der Waals surface area (Å²) in [6, 6.07) is 1.85. The lowest BCUT2D eigenvalue weighted by Gasteiger charge is -2.34. The number of hydrogen-bond acceptors (Lipinski definition) is 8. The Labute approximate surface area is 176 Å². The molecule has 10 heteroatoms. The Bertz CT molecular complexity index is 674. The molecule has 3 atom stereocenters. The van der Waals surface area contributed by atoms with Gasteiger partial charge >= 0.3 is 6.03 Å². The molecule has 0 aliphatic carbocycles. The van der Waals surface area contributed by atoms with Gasteiger partial charge in [0, 0.05) is 45.2 Å². The molecule has 0 bridgehead atoms. The molecule has 168 valence electrons. The van der Waals surface area contributed by atoms with Crippen LogP contribution in [0.15, 0.2) is 10.6 Å². The number of aliphatic hydroxyl groups is 1. The zero-order valence-electron chi connectivity index (χ0n) is 17.3. The van der Waals surface area contributed by atoms with E-state index in [4.69, 9.17) is 18.7 Å². The Morgan fingerprint density at radius 1 is 1.13 bits per heavy atom. The van der Waals surface area contributed by atoms with Crippen LogP contribution in [0.4, 0.5) is 4.79 Å². The number of nitrogens with zero attached hydrogens (tertiary/aromatic N) is 3. The first-order valence-electron chi connectivity index (χ1n) is 10.9. The number of carbonyl (C=O) groups is 1. The molecule has 3 aliphatic rings. The van der Waals surface area contributed by atoms with E-state index in [9.17, 15) is 9.90 Å². The number of carbonyl (C=O) groups excluding carboxylic acids is 1. The van der Waals surface area contributed by atoms with Gasteiger partial charge in [0.2, 0.25) is 0 Å². The van der Waals surface area contributed by atoms with Crippen molar-refractivity contribution in [1.29, 1.82) is 0 Å². The van der Waals surface area contributed by atoms with Crippen molar-refractivity contribution < 1.29 is 28.6 Å². The van der Waals surface area contributed by atoms with Crippen molar-refractivity contribution in [2.75, 3.05) is 59.2 Å². The Morgan fingerprint density at radius 3 is 2.63 bits per heavy atom. The van der Waals surface area contributed by atoms with Crippen LogP contribution in [-0.4, -0.2) is 104 Å². The normalized spacial score (nSPS) is 28.4. The predicted octanol–water partition coefficient (Wildman–Crippen LogP) is -0.000400. The summed E-state index contributed by atoms with van der Waals surface area (Å²) in [5, 5.41) is 17.4. The fourth-order valence-corrected chi connectivity index (χ4v) is 4.09. The number of aliphatic hydroxyl groups excluding tert-OH is 1. The highest BCUT2D eigenvalue weighted by atomic mass is 16.5. The minimum atomic E-state index is -0.583. The van der Waals surface area contributed by atoms with Gasteiger partial charge in [0.1, 0.15) is 6.10 Å². The number of urea groups is 1. The van der Waals surface area contributed by atoms with E-state index >= 15 is 0 Å².